The monoisotopic (exact) mass is 373 g/mol. The Morgan fingerprint density at radius 1 is 1.17 bits per heavy atom. The van der Waals surface area contributed by atoms with Crippen molar-refractivity contribution < 1.29 is 9.32 Å². The largest absolute Gasteiger partial charge is 0.360 e. The highest BCUT2D eigenvalue weighted by atomic mass is 79.9. The number of anilines is 3. The van der Waals surface area contributed by atoms with Gasteiger partial charge >= 0.3 is 0 Å². The third-order valence-electron chi connectivity index (χ3n) is 2.89. The van der Waals surface area contributed by atoms with Gasteiger partial charge in [0.2, 0.25) is 0 Å². The van der Waals surface area contributed by atoms with Gasteiger partial charge in [0.15, 0.2) is 5.82 Å². The summed E-state index contributed by atoms with van der Waals surface area (Å²) in [6.45, 7) is 1.74. The van der Waals surface area contributed by atoms with Crippen LogP contribution in [0.1, 0.15) is 16.2 Å². The van der Waals surface area contributed by atoms with E-state index in [1.165, 1.54) is 12.4 Å². The highest BCUT2D eigenvalue weighted by Crippen LogP contribution is 2.24. The van der Waals surface area contributed by atoms with Crippen molar-refractivity contribution >= 4 is 39.2 Å². The first-order valence-electron chi connectivity index (χ1n) is 6.70. The fraction of sp³-hybridized carbons (Fsp3) is 0.0667. The number of nitrogens with one attached hydrogen (secondary N) is 2. The summed E-state index contributed by atoms with van der Waals surface area (Å²) in [5.41, 5.74) is 1.04. The highest BCUT2D eigenvalue weighted by Gasteiger charge is 2.11. The van der Waals surface area contributed by atoms with Crippen molar-refractivity contribution in [2.75, 3.05) is 10.6 Å². The van der Waals surface area contributed by atoms with Crippen molar-refractivity contribution in [3.63, 3.8) is 0 Å². The maximum Gasteiger partial charge on any atom is 0.277 e. The topological polar surface area (TPSA) is 92.9 Å². The molecule has 0 aliphatic carbocycles. The SMILES string of the molecule is Cc1cc(NC(=O)c2cnc(Nc3ccccc3Br)cn2)no1. The molecule has 0 spiro atoms. The van der Waals surface area contributed by atoms with Gasteiger partial charge in [0.1, 0.15) is 17.3 Å². The number of hydrogen-bond donors (Lipinski definition) is 2. The lowest BCUT2D eigenvalue weighted by atomic mass is 10.3. The van der Waals surface area contributed by atoms with E-state index in [0.717, 1.165) is 10.2 Å². The molecule has 0 saturated carbocycles. The van der Waals surface area contributed by atoms with E-state index < -0.39 is 5.91 Å². The number of carbonyl (C=O) groups is 1. The number of amides is 1. The van der Waals surface area contributed by atoms with Gasteiger partial charge < -0.3 is 15.2 Å². The Kier molecular flexibility index (Phi) is 4.33. The minimum absolute atomic E-state index is 0.184. The lowest BCUT2D eigenvalue weighted by Gasteiger charge is -2.07. The molecule has 0 bridgehead atoms. The lowest BCUT2D eigenvalue weighted by Crippen LogP contribution is -2.14. The molecule has 0 saturated heterocycles. The van der Waals surface area contributed by atoms with E-state index in [9.17, 15) is 4.79 Å². The summed E-state index contributed by atoms with van der Waals surface area (Å²) in [5.74, 6) is 1.08. The van der Waals surface area contributed by atoms with Gasteiger partial charge in [-0.3, -0.25) is 4.79 Å². The summed E-state index contributed by atoms with van der Waals surface area (Å²) in [5, 5.41) is 9.39. The van der Waals surface area contributed by atoms with Crippen LogP contribution in [-0.4, -0.2) is 21.0 Å². The fourth-order valence-corrected chi connectivity index (χ4v) is 2.20. The van der Waals surface area contributed by atoms with Gasteiger partial charge in [-0.2, -0.15) is 0 Å². The zero-order valence-electron chi connectivity index (χ0n) is 12.1. The van der Waals surface area contributed by atoms with Crippen molar-refractivity contribution in [2.24, 2.45) is 0 Å². The normalized spacial score (nSPS) is 10.3. The van der Waals surface area contributed by atoms with E-state index in [2.05, 4.69) is 41.7 Å². The Labute approximate surface area is 140 Å². The second kappa shape index (κ2) is 6.57. The standard InChI is InChI=1S/C15H12BrN5O2/c1-9-6-13(21-23-9)20-15(22)12-7-18-14(8-17-12)19-11-5-3-2-4-10(11)16/h2-8H,1H3,(H,18,19)(H,20,21,22). The molecule has 2 N–H and O–H groups in total. The molecule has 2 aromatic heterocycles. The average molecular weight is 374 g/mol. The van der Waals surface area contributed by atoms with Gasteiger partial charge in [-0.1, -0.05) is 17.3 Å². The van der Waals surface area contributed by atoms with Crippen LogP contribution in [0, 0.1) is 6.92 Å². The summed E-state index contributed by atoms with van der Waals surface area (Å²) < 4.78 is 5.79. The van der Waals surface area contributed by atoms with Crippen molar-refractivity contribution in [3.05, 3.63) is 58.7 Å². The maximum absolute atomic E-state index is 12.0. The van der Waals surface area contributed by atoms with E-state index in [1.807, 2.05) is 24.3 Å². The van der Waals surface area contributed by atoms with Crippen LogP contribution in [0.3, 0.4) is 0 Å². The van der Waals surface area contributed by atoms with Crippen molar-refractivity contribution in [2.45, 2.75) is 6.92 Å². The zero-order chi connectivity index (χ0) is 16.2. The van der Waals surface area contributed by atoms with Crippen molar-refractivity contribution in [3.8, 4) is 0 Å². The molecule has 116 valence electrons. The molecule has 8 heteroatoms. The Balaban J connectivity index is 1.69. The molecule has 0 aliphatic heterocycles. The number of halogens is 1. The minimum Gasteiger partial charge on any atom is -0.360 e. The molecule has 3 aromatic rings. The van der Waals surface area contributed by atoms with Gasteiger partial charge in [0.25, 0.3) is 5.91 Å². The Morgan fingerprint density at radius 3 is 2.65 bits per heavy atom. The van der Waals surface area contributed by atoms with Gasteiger partial charge in [-0.05, 0) is 35.0 Å². The molecular formula is C15H12BrN5O2. The molecule has 0 fully saturated rings. The first kappa shape index (κ1) is 15.2. The number of carbonyl (C=O) groups excluding carboxylic acids is 1. The van der Waals surface area contributed by atoms with Crippen LogP contribution >= 0.6 is 15.9 Å². The first-order chi connectivity index (χ1) is 11.1. The Hall–Kier alpha value is -2.74. The smallest absolute Gasteiger partial charge is 0.277 e. The quantitative estimate of drug-likeness (QED) is 0.726. The highest BCUT2D eigenvalue weighted by molar-refractivity contribution is 9.10. The van der Waals surface area contributed by atoms with Crippen LogP contribution in [0.4, 0.5) is 17.3 Å². The lowest BCUT2D eigenvalue weighted by molar-refractivity contribution is 0.102. The summed E-state index contributed by atoms with van der Waals surface area (Å²) in [7, 11) is 0. The third kappa shape index (κ3) is 3.72. The summed E-state index contributed by atoms with van der Waals surface area (Å²) >= 11 is 3.44. The Bertz CT molecular complexity index is 832. The minimum atomic E-state index is -0.404. The van der Waals surface area contributed by atoms with Crippen molar-refractivity contribution in [1.82, 2.24) is 15.1 Å². The van der Waals surface area contributed by atoms with E-state index in [0.29, 0.717) is 17.4 Å². The predicted octanol–water partition coefficient (Wildman–Crippen LogP) is 3.53. The van der Waals surface area contributed by atoms with Crippen molar-refractivity contribution in [1.29, 1.82) is 0 Å². The number of para-hydroxylation sites is 1. The van der Waals surface area contributed by atoms with E-state index in [4.69, 9.17) is 4.52 Å². The second-order valence-corrected chi connectivity index (χ2v) is 5.52. The molecule has 7 nitrogen and oxygen atoms in total. The summed E-state index contributed by atoms with van der Waals surface area (Å²) in [4.78, 5) is 20.3. The molecule has 0 atom stereocenters. The van der Waals surface area contributed by atoms with E-state index in [-0.39, 0.29) is 5.69 Å². The predicted molar refractivity (Wildman–Crippen MR) is 88.6 cm³/mol. The van der Waals surface area contributed by atoms with E-state index >= 15 is 0 Å². The van der Waals surface area contributed by atoms with Crippen LogP contribution in [0.15, 0.2) is 51.7 Å². The number of aromatic nitrogens is 3. The van der Waals surface area contributed by atoms with Crippen LogP contribution in [0.25, 0.3) is 0 Å². The molecule has 0 aliphatic rings. The van der Waals surface area contributed by atoms with E-state index in [1.54, 1.807) is 13.0 Å². The van der Waals surface area contributed by atoms with Gasteiger partial charge in [0, 0.05) is 10.5 Å². The molecule has 2 heterocycles. The molecule has 1 aromatic carbocycles. The van der Waals surface area contributed by atoms with Gasteiger partial charge in [-0.25, -0.2) is 9.97 Å². The molecule has 1 amide bonds. The van der Waals surface area contributed by atoms with Crippen LogP contribution in [0.2, 0.25) is 0 Å². The average Bonchev–Trinajstić information content (AvgIpc) is 2.95. The third-order valence-corrected chi connectivity index (χ3v) is 3.58. The molecule has 0 unspecified atom stereocenters. The first-order valence-corrected chi connectivity index (χ1v) is 7.49. The molecule has 3 rings (SSSR count). The number of nitrogens with zero attached hydrogens (tertiary/aromatic N) is 3. The number of rotatable bonds is 4. The van der Waals surface area contributed by atoms with Gasteiger partial charge in [-0.15, -0.1) is 0 Å². The molecular weight excluding hydrogens is 362 g/mol. The van der Waals surface area contributed by atoms with Crippen LogP contribution in [-0.2, 0) is 0 Å². The number of hydrogen-bond acceptors (Lipinski definition) is 6. The summed E-state index contributed by atoms with van der Waals surface area (Å²) in [6.07, 6.45) is 2.88. The maximum atomic E-state index is 12.0. The second-order valence-electron chi connectivity index (χ2n) is 4.67. The zero-order valence-corrected chi connectivity index (χ0v) is 13.7. The molecule has 23 heavy (non-hydrogen) atoms. The number of benzene rings is 1. The number of aryl methyl sites for hydroxylation is 1. The van der Waals surface area contributed by atoms with Crippen LogP contribution < -0.4 is 10.6 Å². The van der Waals surface area contributed by atoms with Crippen LogP contribution in [0.5, 0.6) is 0 Å². The molecule has 0 radical (unpaired) electrons. The summed E-state index contributed by atoms with van der Waals surface area (Å²) in [6, 6.07) is 9.26. The Morgan fingerprint density at radius 2 is 2.00 bits per heavy atom. The fourth-order valence-electron chi connectivity index (χ4n) is 1.82. The van der Waals surface area contributed by atoms with Gasteiger partial charge in [0.05, 0.1) is 18.1 Å².